The zero-order chi connectivity index (χ0) is 18.5. The van der Waals surface area contributed by atoms with E-state index >= 15 is 0 Å². The molecule has 1 saturated carbocycles. The van der Waals surface area contributed by atoms with Gasteiger partial charge < -0.3 is 15.0 Å². The molecule has 26 heavy (non-hydrogen) atoms. The molecule has 2 amide bonds. The Morgan fingerprint density at radius 1 is 1.27 bits per heavy atom. The molecular formula is C20H27ClN2O3. The number of rotatable bonds is 7. The van der Waals surface area contributed by atoms with E-state index in [0.717, 1.165) is 45.2 Å². The highest BCUT2D eigenvalue weighted by atomic mass is 35.5. The Bertz CT molecular complexity index is 640. The van der Waals surface area contributed by atoms with Gasteiger partial charge in [-0.05, 0) is 63.1 Å². The summed E-state index contributed by atoms with van der Waals surface area (Å²) in [4.78, 5) is 26.3. The van der Waals surface area contributed by atoms with E-state index < -0.39 is 6.10 Å². The van der Waals surface area contributed by atoms with Crippen LogP contribution in [0.4, 0.5) is 0 Å². The summed E-state index contributed by atoms with van der Waals surface area (Å²) in [5.41, 5.74) is 0. The lowest BCUT2D eigenvalue weighted by Gasteiger charge is -2.33. The minimum Gasteiger partial charge on any atom is -0.481 e. The largest absolute Gasteiger partial charge is 0.481 e. The van der Waals surface area contributed by atoms with Crippen LogP contribution in [0, 0.1) is 5.92 Å². The van der Waals surface area contributed by atoms with Crippen LogP contribution in [0.3, 0.4) is 0 Å². The van der Waals surface area contributed by atoms with E-state index in [1.807, 2.05) is 4.90 Å². The molecule has 3 rings (SSSR count). The van der Waals surface area contributed by atoms with E-state index in [1.54, 1.807) is 31.2 Å². The molecule has 2 aliphatic rings. The monoisotopic (exact) mass is 378 g/mol. The third kappa shape index (κ3) is 5.63. The van der Waals surface area contributed by atoms with Gasteiger partial charge >= 0.3 is 0 Å². The number of amides is 2. The van der Waals surface area contributed by atoms with Crippen molar-refractivity contribution in [2.24, 2.45) is 5.92 Å². The zero-order valence-corrected chi connectivity index (χ0v) is 16.0. The molecule has 1 aliphatic carbocycles. The Labute approximate surface area is 160 Å². The maximum atomic E-state index is 12.6. The van der Waals surface area contributed by atoms with Gasteiger partial charge in [-0.15, -0.1) is 0 Å². The summed E-state index contributed by atoms with van der Waals surface area (Å²) in [5.74, 6) is 1.31. The van der Waals surface area contributed by atoms with Crippen LogP contribution in [0.5, 0.6) is 5.75 Å². The van der Waals surface area contributed by atoms with Gasteiger partial charge in [-0.3, -0.25) is 9.59 Å². The lowest BCUT2D eigenvalue weighted by atomic mass is 9.92. The van der Waals surface area contributed by atoms with Gasteiger partial charge in [-0.1, -0.05) is 17.7 Å². The lowest BCUT2D eigenvalue weighted by Crippen LogP contribution is -2.44. The summed E-state index contributed by atoms with van der Waals surface area (Å²) in [6.45, 7) is 3.24. The van der Waals surface area contributed by atoms with Crippen LogP contribution >= 0.6 is 11.6 Å². The first-order valence-electron chi connectivity index (χ1n) is 9.51. The first-order chi connectivity index (χ1) is 12.5. The molecule has 0 aromatic heterocycles. The second-order valence-corrected chi connectivity index (χ2v) is 7.80. The maximum absolute atomic E-state index is 12.6. The lowest BCUT2D eigenvalue weighted by molar-refractivity contribution is -0.139. The van der Waals surface area contributed by atoms with Crippen molar-refractivity contribution in [1.82, 2.24) is 10.2 Å². The predicted octanol–water partition coefficient (Wildman–Crippen LogP) is 3.40. The highest BCUT2D eigenvalue weighted by Crippen LogP contribution is 2.24. The first kappa shape index (κ1) is 19.0. The highest BCUT2D eigenvalue weighted by Gasteiger charge is 2.28. The second-order valence-electron chi connectivity index (χ2n) is 7.37. The van der Waals surface area contributed by atoms with Gasteiger partial charge in [0.2, 0.25) is 5.91 Å². The molecule has 142 valence electrons. The molecule has 0 radical (unpaired) electrons. The number of nitrogens with one attached hydrogen (secondary N) is 1. The van der Waals surface area contributed by atoms with Crippen molar-refractivity contribution in [3.05, 3.63) is 29.3 Å². The van der Waals surface area contributed by atoms with E-state index in [-0.39, 0.29) is 11.8 Å². The number of hydrogen-bond donors (Lipinski definition) is 1. The molecule has 1 saturated heterocycles. The van der Waals surface area contributed by atoms with Gasteiger partial charge in [0.1, 0.15) is 5.75 Å². The minimum atomic E-state index is -0.533. The second kappa shape index (κ2) is 8.76. The molecule has 1 N–H and O–H groups in total. The summed E-state index contributed by atoms with van der Waals surface area (Å²) in [5, 5.41) is 3.62. The average Bonchev–Trinajstić information content (AvgIpc) is 3.44. The molecule has 5 nitrogen and oxygen atoms in total. The number of hydrogen-bond acceptors (Lipinski definition) is 3. The fourth-order valence-corrected chi connectivity index (χ4v) is 3.54. The Kier molecular flexibility index (Phi) is 6.41. The van der Waals surface area contributed by atoms with Crippen molar-refractivity contribution in [1.29, 1.82) is 0 Å². The van der Waals surface area contributed by atoms with Crippen LogP contribution in [-0.2, 0) is 9.59 Å². The number of ether oxygens (including phenoxy) is 1. The van der Waals surface area contributed by atoms with Crippen LogP contribution in [0.1, 0.15) is 45.4 Å². The van der Waals surface area contributed by atoms with Gasteiger partial charge in [-0.2, -0.15) is 0 Å². The Hall–Kier alpha value is -1.75. The van der Waals surface area contributed by atoms with Crippen LogP contribution in [0.15, 0.2) is 24.3 Å². The van der Waals surface area contributed by atoms with Crippen LogP contribution in [0.25, 0.3) is 0 Å². The number of carbonyl (C=O) groups excluding carboxylic acids is 2. The SMILES string of the molecule is C[C@@H](Oc1cccc(Cl)c1)C(=O)N1CCC(CCC(=O)NC2CC2)CC1. The molecule has 1 aliphatic heterocycles. The average molecular weight is 379 g/mol. The van der Waals surface area contributed by atoms with Gasteiger partial charge in [0.05, 0.1) is 0 Å². The molecule has 1 atom stereocenters. The summed E-state index contributed by atoms with van der Waals surface area (Å²) in [6.07, 6.45) is 5.13. The molecule has 2 fully saturated rings. The number of likely N-dealkylation sites (tertiary alicyclic amines) is 1. The van der Waals surface area contributed by atoms with Gasteiger partial charge in [-0.25, -0.2) is 0 Å². The fraction of sp³-hybridized carbons (Fsp3) is 0.600. The summed E-state index contributed by atoms with van der Waals surface area (Å²) < 4.78 is 5.73. The van der Waals surface area contributed by atoms with E-state index in [2.05, 4.69) is 5.32 Å². The summed E-state index contributed by atoms with van der Waals surface area (Å²) in [6, 6.07) is 7.53. The first-order valence-corrected chi connectivity index (χ1v) is 9.89. The fourth-order valence-electron chi connectivity index (χ4n) is 3.36. The van der Waals surface area contributed by atoms with Gasteiger partial charge in [0, 0.05) is 30.6 Å². The Balaban J connectivity index is 1.39. The van der Waals surface area contributed by atoms with Crippen LogP contribution in [0.2, 0.25) is 5.02 Å². The summed E-state index contributed by atoms with van der Waals surface area (Å²) in [7, 11) is 0. The van der Waals surface area contributed by atoms with Crippen molar-refractivity contribution in [3.8, 4) is 5.75 Å². The van der Waals surface area contributed by atoms with Crippen LogP contribution < -0.4 is 10.1 Å². The summed E-state index contributed by atoms with van der Waals surface area (Å²) >= 11 is 5.95. The molecule has 0 bridgehead atoms. The van der Waals surface area contributed by atoms with Crippen molar-refractivity contribution in [3.63, 3.8) is 0 Å². The van der Waals surface area contributed by atoms with Crippen molar-refractivity contribution < 1.29 is 14.3 Å². The highest BCUT2D eigenvalue weighted by molar-refractivity contribution is 6.30. The molecule has 1 aromatic rings. The number of halogens is 1. The van der Waals surface area contributed by atoms with E-state index in [0.29, 0.717) is 29.2 Å². The minimum absolute atomic E-state index is 0.00917. The quantitative estimate of drug-likeness (QED) is 0.791. The standard InChI is InChI=1S/C20H27ClN2O3/c1-14(26-18-4-2-3-16(21)13-18)20(25)23-11-9-15(10-12-23)5-8-19(24)22-17-6-7-17/h2-4,13-15,17H,5-12H2,1H3,(H,22,24)/t14-/m1/s1. The number of nitrogens with zero attached hydrogens (tertiary/aromatic N) is 1. The number of benzene rings is 1. The predicted molar refractivity (Wildman–Crippen MR) is 101 cm³/mol. The third-order valence-corrected chi connectivity index (χ3v) is 5.34. The van der Waals surface area contributed by atoms with E-state index in [1.165, 1.54) is 0 Å². The number of carbonyl (C=O) groups is 2. The van der Waals surface area contributed by atoms with Crippen molar-refractivity contribution in [2.75, 3.05) is 13.1 Å². The molecule has 1 heterocycles. The molecule has 1 aromatic carbocycles. The number of piperidine rings is 1. The van der Waals surface area contributed by atoms with E-state index in [9.17, 15) is 9.59 Å². The topological polar surface area (TPSA) is 58.6 Å². The molecule has 0 spiro atoms. The van der Waals surface area contributed by atoms with Crippen molar-refractivity contribution >= 4 is 23.4 Å². The van der Waals surface area contributed by atoms with Gasteiger partial charge in [0.25, 0.3) is 5.91 Å². The third-order valence-electron chi connectivity index (χ3n) is 5.11. The van der Waals surface area contributed by atoms with Crippen LogP contribution in [-0.4, -0.2) is 41.9 Å². The molecule has 0 unspecified atom stereocenters. The molecule has 6 heteroatoms. The smallest absolute Gasteiger partial charge is 0.263 e. The zero-order valence-electron chi connectivity index (χ0n) is 15.2. The van der Waals surface area contributed by atoms with Crippen molar-refractivity contribution in [2.45, 2.75) is 57.6 Å². The normalized spacial score (nSPS) is 19.1. The maximum Gasteiger partial charge on any atom is 0.263 e. The molecular weight excluding hydrogens is 352 g/mol. The van der Waals surface area contributed by atoms with E-state index in [4.69, 9.17) is 16.3 Å². The Morgan fingerprint density at radius 2 is 2.00 bits per heavy atom. The Morgan fingerprint density at radius 3 is 2.65 bits per heavy atom. The van der Waals surface area contributed by atoms with Gasteiger partial charge in [0.15, 0.2) is 6.10 Å².